The Balaban J connectivity index is 3.30. The molecule has 0 radical (unpaired) electrons. The molecule has 0 aromatic rings. The lowest BCUT2D eigenvalue weighted by molar-refractivity contribution is -0.158. The first-order chi connectivity index (χ1) is 14.1. The van der Waals surface area contributed by atoms with Crippen LogP contribution in [0.3, 0.4) is 0 Å². The van der Waals surface area contributed by atoms with Crippen LogP contribution in [0.2, 0.25) is 0 Å². The summed E-state index contributed by atoms with van der Waals surface area (Å²) in [4.78, 5) is 23.1. The second kappa shape index (κ2) is 21.6. The van der Waals surface area contributed by atoms with E-state index in [2.05, 4.69) is 6.92 Å². The fourth-order valence-corrected chi connectivity index (χ4v) is 3.29. The van der Waals surface area contributed by atoms with Crippen LogP contribution in [0.4, 0.5) is 0 Å². The van der Waals surface area contributed by atoms with Crippen LogP contribution in [-0.4, -0.2) is 37.9 Å². The fraction of sp³-hybridized carbons (Fsp3) is 0.917. The second-order valence-corrected chi connectivity index (χ2v) is 8.05. The van der Waals surface area contributed by atoms with Crippen LogP contribution in [0.25, 0.3) is 0 Å². The Labute approximate surface area is 179 Å². The SMILES string of the molecule is CCCCCCCCCCCCCCCOC(=O)COCC(=O)OC(C)CCC. The summed E-state index contributed by atoms with van der Waals surface area (Å²) in [6.45, 7) is 6.17. The molecule has 0 spiro atoms. The molecule has 0 aliphatic carbocycles. The summed E-state index contributed by atoms with van der Waals surface area (Å²) in [7, 11) is 0. The van der Waals surface area contributed by atoms with Crippen molar-refractivity contribution >= 4 is 11.9 Å². The van der Waals surface area contributed by atoms with E-state index in [4.69, 9.17) is 14.2 Å². The number of unbranched alkanes of at least 4 members (excludes halogenated alkanes) is 12. The fourth-order valence-electron chi connectivity index (χ4n) is 3.29. The summed E-state index contributed by atoms with van der Waals surface area (Å²) >= 11 is 0. The van der Waals surface area contributed by atoms with Crippen LogP contribution < -0.4 is 0 Å². The zero-order valence-corrected chi connectivity index (χ0v) is 19.3. The maximum atomic E-state index is 11.6. The predicted octanol–water partition coefficient (Wildman–Crippen LogP) is 6.37. The van der Waals surface area contributed by atoms with Gasteiger partial charge in [0.25, 0.3) is 0 Å². The number of ether oxygens (including phenoxy) is 3. The second-order valence-electron chi connectivity index (χ2n) is 8.05. The van der Waals surface area contributed by atoms with Crippen molar-refractivity contribution in [2.45, 2.75) is 123 Å². The van der Waals surface area contributed by atoms with E-state index in [-0.39, 0.29) is 19.3 Å². The molecule has 0 aliphatic heterocycles. The highest BCUT2D eigenvalue weighted by atomic mass is 16.6. The molecular formula is C24H46O5. The highest BCUT2D eigenvalue weighted by Gasteiger charge is 2.10. The molecule has 29 heavy (non-hydrogen) atoms. The van der Waals surface area contributed by atoms with E-state index in [1.165, 1.54) is 70.6 Å². The van der Waals surface area contributed by atoms with Crippen molar-refractivity contribution in [1.29, 1.82) is 0 Å². The van der Waals surface area contributed by atoms with Gasteiger partial charge in [0.15, 0.2) is 0 Å². The van der Waals surface area contributed by atoms with Crippen molar-refractivity contribution in [2.75, 3.05) is 19.8 Å². The average Bonchev–Trinajstić information content (AvgIpc) is 2.68. The Morgan fingerprint density at radius 1 is 0.655 bits per heavy atom. The lowest BCUT2D eigenvalue weighted by Crippen LogP contribution is -2.22. The third-order valence-electron chi connectivity index (χ3n) is 4.98. The highest BCUT2D eigenvalue weighted by Crippen LogP contribution is 2.12. The van der Waals surface area contributed by atoms with Crippen molar-refractivity contribution in [2.24, 2.45) is 0 Å². The molecule has 0 rings (SSSR count). The quantitative estimate of drug-likeness (QED) is 0.161. The van der Waals surface area contributed by atoms with Gasteiger partial charge in [-0.1, -0.05) is 97.3 Å². The number of rotatable bonds is 21. The standard InChI is InChI=1S/C24H46O5/c1-4-6-7-8-9-10-11-12-13-14-15-16-17-19-28-23(25)20-27-21-24(26)29-22(3)18-5-2/h22H,4-21H2,1-3H3. The van der Waals surface area contributed by atoms with E-state index in [0.29, 0.717) is 6.61 Å². The Bertz CT molecular complexity index is 383. The number of carbonyl (C=O) groups is 2. The maximum absolute atomic E-state index is 11.6. The van der Waals surface area contributed by atoms with E-state index < -0.39 is 11.9 Å². The van der Waals surface area contributed by atoms with Gasteiger partial charge in [-0.2, -0.15) is 0 Å². The van der Waals surface area contributed by atoms with Crippen LogP contribution in [0.15, 0.2) is 0 Å². The largest absolute Gasteiger partial charge is 0.464 e. The van der Waals surface area contributed by atoms with E-state index in [9.17, 15) is 9.59 Å². The Morgan fingerprint density at radius 2 is 1.14 bits per heavy atom. The van der Waals surface area contributed by atoms with Gasteiger partial charge in [0.05, 0.1) is 12.7 Å². The van der Waals surface area contributed by atoms with Gasteiger partial charge in [-0.3, -0.25) is 0 Å². The summed E-state index contributed by atoms with van der Waals surface area (Å²) in [5, 5.41) is 0. The number of esters is 2. The molecule has 0 aromatic heterocycles. The molecule has 0 amide bonds. The number of hydrogen-bond donors (Lipinski definition) is 0. The Kier molecular flexibility index (Phi) is 20.8. The molecule has 0 saturated heterocycles. The Hall–Kier alpha value is -1.10. The predicted molar refractivity (Wildman–Crippen MR) is 118 cm³/mol. The molecule has 5 nitrogen and oxygen atoms in total. The van der Waals surface area contributed by atoms with Gasteiger partial charge in [0, 0.05) is 0 Å². The molecule has 0 aliphatic rings. The van der Waals surface area contributed by atoms with Gasteiger partial charge in [-0.15, -0.1) is 0 Å². The molecule has 1 unspecified atom stereocenters. The zero-order chi connectivity index (χ0) is 21.6. The molecule has 1 atom stereocenters. The third-order valence-corrected chi connectivity index (χ3v) is 4.98. The minimum atomic E-state index is -0.435. The van der Waals surface area contributed by atoms with Gasteiger partial charge < -0.3 is 14.2 Å². The van der Waals surface area contributed by atoms with Crippen molar-refractivity contribution in [3.8, 4) is 0 Å². The molecule has 0 bridgehead atoms. The monoisotopic (exact) mass is 414 g/mol. The van der Waals surface area contributed by atoms with Crippen molar-refractivity contribution < 1.29 is 23.8 Å². The van der Waals surface area contributed by atoms with Gasteiger partial charge in [0.2, 0.25) is 0 Å². The van der Waals surface area contributed by atoms with Crippen LogP contribution in [-0.2, 0) is 23.8 Å². The van der Waals surface area contributed by atoms with Gasteiger partial charge in [-0.05, 0) is 19.8 Å². The number of hydrogen-bond acceptors (Lipinski definition) is 5. The van der Waals surface area contributed by atoms with Crippen molar-refractivity contribution in [1.82, 2.24) is 0 Å². The normalized spacial score (nSPS) is 12.0. The van der Waals surface area contributed by atoms with Gasteiger partial charge >= 0.3 is 11.9 Å². The van der Waals surface area contributed by atoms with E-state index in [1.807, 2.05) is 13.8 Å². The van der Waals surface area contributed by atoms with E-state index in [1.54, 1.807) is 0 Å². The summed E-state index contributed by atoms with van der Waals surface area (Å²) in [6, 6.07) is 0. The maximum Gasteiger partial charge on any atom is 0.332 e. The summed E-state index contributed by atoms with van der Waals surface area (Å²) in [5.41, 5.74) is 0. The van der Waals surface area contributed by atoms with E-state index in [0.717, 1.165) is 25.7 Å². The van der Waals surface area contributed by atoms with Gasteiger partial charge in [0.1, 0.15) is 13.2 Å². The third kappa shape index (κ3) is 21.4. The lowest BCUT2D eigenvalue weighted by Gasteiger charge is -2.12. The zero-order valence-electron chi connectivity index (χ0n) is 19.3. The van der Waals surface area contributed by atoms with Crippen molar-refractivity contribution in [3.63, 3.8) is 0 Å². The minimum absolute atomic E-state index is 0.112. The summed E-state index contributed by atoms with van der Waals surface area (Å²) in [6.07, 6.45) is 18.4. The van der Waals surface area contributed by atoms with Crippen LogP contribution in [0.1, 0.15) is 117 Å². The number of carbonyl (C=O) groups excluding carboxylic acids is 2. The first-order valence-corrected chi connectivity index (χ1v) is 12.0. The smallest absolute Gasteiger partial charge is 0.332 e. The molecule has 0 N–H and O–H groups in total. The first kappa shape index (κ1) is 27.9. The van der Waals surface area contributed by atoms with Crippen LogP contribution >= 0.6 is 0 Å². The molecular weight excluding hydrogens is 368 g/mol. The summed E-state index contributed by atoms with van der Waals surface area (Å²) < 4.78 is 15.3. The van der Waals surface area contributed by atoms with Gasteiger partial charge in [-0.25, -0.2) is 9.59 Å². The molecule has 0 heterocycles. The lowest BCUT2D eigenvalue weighted by atomic mass is 10.0. The van der Waals surface area contributed by atoms with Crippen LogP contribution in [0, 0.1) is 0 Å². The summed E-state index contributed by atoms with van der Waals surface area (Å²) in [5.74, 6) is -0.853. The molecule has 0 saturated carbocycles. The first-order valence-electron chi connectivity index (χ1n) is 12.0. The minimum Gasteiger partial charge on any atom is -0.464 e. The Morgan fingerprint density at radius 3 is 1.66 bits per heavy atom. The molecule has 172 valence electrons. The molecule has 0 aromatic carbocycles. The highest BCUT2D eigenvalue weighted by molar-refractivity contribution is 5.73. The topological polar surface area (TPSA) is 61.8 Å². The molecule has 5 heteroatoms. The van der Waals surface area contributed by atoms with E-state index >= 15 is 0 Å². The average molecular weight is 415 g/mol. The molecule has 0 fully saturated rings. The van der Waals surface area contributed by atoms with Crippen molar-refractivity contribution in [3.05, 3.63) is 0 Å². The van der Waals surface area contributed by atoms with Crippen LogP contribution in [0.5, 0.6) is 0 Å².